The fraction of sp³-hybridized carbons (Fsp3) is 0.333. The van der Waals surface area contributed by atoms with Crippen LogP contribution in [0.15, 0.2) is 48.0 Å². The quantitative estimate of drug-likeness (QED) is 0.454. The van der Waals surface area contributed by atoms with Gasteiger partial charge in [0.15, 0.2) is 0 Å². The molecular formula is C27H31N3O2. The minimum atomic E-state index is -0.447. The number of ether oxygens (including phenoxy) is 1. The number of fused-ring (bicyclic) bond motifs is 1. The van der Waals surface area contributed by atoms with E-state index in [0.29, 0.717) is 17.0 Å². The Morgan fingerprint density at radius 1 is 1.22 bits per heavy atom. The van der Waals surface area contributed by atoms with E-state index >= 15 is 0 Å². The molecule has 0 fully saturated rings. The molecule has 0 unspecified atom stereocenters. The van der Waals surface area contributed by atoms with Crippen molar-refractivity contribution in [2.24, 2.45) is 0 Å². The molecule has 2 aromatic rings. The van der Waals surface area contributed by atoms with Crippen molar-refractivity contribution in [1.29, 1.82) is 5.26 Å². The lowest BCUT2D eigenvalue weighted by atomic mass is 9.87. The summed E-state index contributed by atoms with van der Waals surface area (Å²) < 4.78 is 5.67. The summed E-state index contributed by atoms with van der Waals surface area (Å²) in [6, 6.07) is 13.5. The molecule has 1 aliphatic heterocycles. The SMILES string of the molecule is CCCN1c2cc(OC)c(/C=C(\C#N)C(=O)Nc3ccc(C)cc3)cc2C(C)=CC1(C)C. The number of carbonyl (C=O) groups excluding carboxylic acids is 1. The summed E-state index contributed by atoms with van der Waals surface area (Å²) in [7, 11) is 1.61. The van der Waals surface area contributed by atoms with E-state index in [4.69, 9.17) is 4.74 Å². The van der Waals surface area contributed by atoms with Crippen molar-refractivity contribution >= 4 is 28.9 Å². The van der Waals surface area contributed by atoms with Crippen LogP contribution in [-0.2, 0) is 4.79 Å². The minimum absolute atomic E-state index is 0.0204. The zero-order valence-electron chi connectivity index (χ0n) is 19.7. The molecule has 0 bridgehead atoms. The maximum atomic E-state index is 12.7. The van der Waals surface area contributed by atoms with Crippen molar-refractivity contribution in [3.8, 4) is 11.8 Å². The average Bonchev–Trinajstić information content (AvgIpc) is 2.75. The van der Waals surface area contributed by atoms with E-state index in [1.807, 2.05) is 49.4 Å². The van der Waals surface area contributed by atoms with Crippen molar-refractivity contribution < 1.29 is 9.53 Å². The lowest BCUT2D eigenvalue weighted by Gasteiger charge is -2.43. The Labute approximate surface area is 191 Å². The molecule has 3 rings (SSSR count). The highest BCUT2D eigenvalue weighted by Crippen LogP contribution is 2.42. The van der Waals surface area contributed by atoms with E-state index in [2.05, 4.69) is 44.0 Å². The first-order valence-electron chi connectivity index (χ1n) is 10.9. The van der Waals surface area contributed by atoms with Crippen LogP contribution in [-0.4, -0.2) is 25.1 Å². The fourth-order valence-corrected chi connectivity index (χ4v) is 4.18. The highest BCUT2D eigenvalue weighted by Gasteiger charge is 2.31. The van der Waals surface area contributed by atoms with Crippen molar-refractivity contribution in [2.45, 2.75) is 46.6 Å². The summed E-state index contributed by atoms with van der Waals surface area (Å²) in [6.07, 6.45) is 4.89. The smallest absolute Gasteiger partial charge is 0.266 e. The molecule has 1 amide bonds. The molecule has 1 aliphatic rings. The Balaban J connectivity index is 2.03. The number of hydrogen-bond acceptors (Lipinski definition) is 4. The second-order valence-corrected chi connectivity index (χ2v) is 8.73. The molecule has 1 N–H and O–H groups in total. The summed E-state index contributed by atoms with van der Waals surface area (Å²) in [5.41, 5.74) is 5.71. The Morgan fingerprint density at radius 2 is 1.91 bits per heavy atom. The number of carbonyl (C=O) groups is 1. The van der Waals surface area contributed by atoms with Crippen LogP contribution in [0.25, 0.3) is 11.6 Å². The highest BCUT2D eigenvalue weighted by atomic mass is 16.5. The largest absolute Gasteiger partial charge is 0.496 e. The number of nitrogens with one attached hydrogen (secondary N) is 1. The molecular weight excluding hydrogens is 398 g/mol. The van der Waals surface area contributed by atoms with E-state index in [0.717, 1.165) is 35.4 Å². The normalized spacial score (nSPS) is 14.8. The molecule has 2 aromatic carbocycles. The monoisotopic (exact) mass is 429 g/mol. The van der Waals surface area contributed by atoms with Gasteiger partial charge in [-0.1, -0.05) is 30.7 Å². The Morgan fingerprint density at radius 3 is 2.50 bits per heavy atom. The molecule has 0 saturated heterocycles. The lowest BCUT2D eigenvalue weighted by Crippen LogP contribution is -2.45. The number of anilines is 2. The van der Waals surface area contributed by atoms with Crippen LogP contribution < -0.4 is 15.0 Å². The standard InChI is InChI=1S/C27H31N3O2/c1-7-12-30-24-15-25(32-6)20(14-23(24)19(3)16-27(30,4)5)13-21(17-28)26(31)29-22-10-8-18(2)9-11-22/h8-11,13-16H,7,12H2,1-6H3,(H,29,31)/b21-13+. The number of benzene rings is 2. The summed E-state index contributed by atoms with van der Waals surface area (Å²) in [5.74, 6) is 0.184. The first-order valence-corrected chi connectivity index (χ1v) is 10.9. The van der Waals surface area contributed by atoms with Crippen LogP contribution in [0.3, 0.4) is 0 Å². The van der Waals surface area contributed by atoms with Crippen LogP contribution in [0.5, 0.6) is 5.75 Å². The van der Waals surface area contributed by atoms with Crippen LogP contribution >= 0.6 is 0 Å². The van der Waals surface area contributed by atoms with Gasteiger partial charge in [0, 0.05) is 35.1 Å². The lowest BCUT2D eigenvalue weighted by molar-refractivity contribution is -0.112. The molecule has 0 atom stereocenters. The third-order valence-corrected chi connectivity index (χ3v) is 5.75. The molecule has 0 saturated carbocycles. The number of hydrogen-bond donors (Lipinski definition) is 1. The van der Waals surface area contributed by atoms with E-state index in [1.165, 1.54) is 0 Å². The van der Waals surface area contributed by atoms with Gasteiger partial charge in [-0.2, -0.15) is 5.26 Å². The molecule has 0 aromatic heterocycles. The third kappa shape index (κ3) is 4.70. The van der Waals surface area contributed by atoms with Gasteiger partial charge in [-0.05, 0) is 64.0 Å². The highest BCUT2D eigenvalue weighted by molar-refractivity contribution is 6.10. The predicted octanol–water partition coefficient (Wildman–Crippen LogP) is 5.96. The number of nitriles is 1. The third-order valence-electron chi connectivity index (χ3n) is 5.75. The number of amides is 1. The zero-order chi connectivity index (χ0) is 23.5. The van der Waals surface area contributed by atoms with Crippen LogP contribution in [0.2, 0.25) is 0 Å². The molecule has 5 heteroatoms. The fourth-order valence-electron chi connectivity index (χ4n) is 4.18. The Kier molecular flexibility index (Phi) is 6.74. The van der Waals surface area contributed by atoms with E-state index < -0.39 is 5.91 Å². The van der Waals surface area contributed by atoms with Crippen molar-refractivity contribution in [1.82, 2.24) is 0 Å². The van der Waals surface area contributed by atoms with Gasteiger partial charge in [-0.25, -0.2) is 0 Å². The van der Waals surface area contributed by atoms with E-state index in [9.17, 15) is 10.1 Å². The minimum Gasteiger partial charge on any atom is -0.496 e. The van der Waals surface area contributed by atoms with E-state index in [-0.39, 0.29) is 11.1 Å². The Hall–Kier alpha value is -3.52. The van der Waals surface area contributed by atoms with Crippen LogP contribution in [0.4, 0.5) is 11.4 Å². The topological polar surface area (TPSA) is 65.4 Å². The molecule has 5 nitrogen and oxygen atoms in total. The second kappa shape index (κ2) is 9.32. The van der Waals surface area contributed by atoms with Gasteiger partial charge in [-0.15, -0.1) is 0 Å². The van der Waals surface area contributed by atoms with Gasteiger partial charge in [0.05, 0.1) is 12.6 Å². The summed E-state index contributed by atoms with van der Waals surface area (Å²) in [5, 5.41) is 12.5. The van der Waals surface area contributed by atoms with E-state index in [1.54, 1.807) is 13.2 Å². The number of nitrogens with zero attached hydrogens (tertiary/aromatic N) is 2. The van der Waals surface area contributed by atoms with Gasteiger partial charge in [0.25, 0.3) is 5.91 Å². The molecule has 0 radical (unpaired) electrons. The van der Waals surface area contributed by atoms with Crippen molar-refractivity contribution in [3.63, 3.8) is 0 Å². The maximum Gasteiger partial charge on any atom is 0.266 e. The summed E-state index contributed by atoms with van der Waals surface area (Å²) in [4.78, 5) is 15.1. The molecule has 166 valence electrons. The second-order valence-electron chi connectivity index (χ2n) is 8.73. The number of allylic oxidation sites excluding steroid dienone is 1. The molecule has 0 spiro atoms. The van der Waals surface area contributed by atoms with Crippen LogP contribution in [0.1, 0.15) is 50.8 Å². The van der Waals surface area contributed by atoms with Gasteiger partial charge in [-0.3, -0.25) is 4.79 Å². The first-order chi connectivity index (χ1) is 15.2. The van der Waals surface area contributed by atoms with Crippen molar-refractivity contribution in [2.75, 3.05) is 23.9 Å². The first kappa shape index (κ1) is 23.1. The molecule has 0 aliphatic carbocycles. The molecule has 32 heavy (non-hydrogen) atoms. The summed E-state index contributed by atoms with van der Waals surface area (Å²) >= 11 is 0. The Bertz CT molecular complexity index is 1120. The van der Waals surface area contributed by atoms with Gasteiger partial charge in [0.1, 0.15) is 17.4 Å². The summed E-state index contributed by atoms with van der Waals surface area (Å²) in [6.45, 7) is 11.6. The average molecular weight is 430 g/mol. The van der Waals surface area contributed by atoms with Gasteiger partial charge >= 0.3 is 0 Å². The van der Waals surface area contributed by atoms with Crippen molar-refractivity contribution in [3.05, 3.63) is 64.7 Å². The molecule has 1 heterocycles. The number of aryl methyl sites for hydroxylation is 1. The number of rotatable bonds is 6. The number of methoxy groups -OCH3 is 1. The predicted molar refractivity (Wildman–Crippen MR) is 132 cm³/mol. The zero-order valence-corrected chi connectivity index (χ0v) is 19.7. The van der Waals surface area contributed by atoms with Crippen LogP contribution in [0, 0.1) is 18.3 Å². The van der Waals surface area contributed by atoms with Gasteiger partial charge in [0.2, 0.25) is 0 Å². The van der Waals surface area contributed by atoms with Gasteiger partial charge < -0.3 is 15.0 Å². The maximum absolute atomic E-state index is 12.7.